The Morgan fingerprint density at radius 1 is 1.12 bits per heavy atom. The standard InChI is InChI=1S/C37H65N3O3/c1-22(2)24(5)32(7)16-17-34(9)26-12-13-29-33(8)19-42-21-37(29,27(26)14-15-35(34,10)30(32)25(6)41)18-28(40-39)31(33)43-20-36(11,38)23(3)4/h14,22-24,26,28-31,40-41H,6,12-13,15-21,38-39H2,1-5,7-11H3/t24-,26+,28-,29+,30-,31+,32-,33+,34-,35+,36+,37+/m1/s1. The molecule has 4 fully saturated rings. The second-order valence-electron chi connectivity index (χ2n) is 17.9. The van der Waals surface area contributed by atoms with E-state index in [0.29, 0.717) is 48.6 Å². The minimum absolute atomic E-state index is 0.0130. The van der Waals surface area contributed by atoms with Crippen LogP contribution in [0.2, 0.25) is 0 Å². The van der Waals surface area contributed by atoms with E-state index >= 15 is 0 Å². The molecule has 6 nitrogen and oxygen atoms in total. The molecule has 3 saturated carbocycles. The lowest BCUT2D eigenvalue weighted by molar-refractivity contribution is -0.245. The number of nitrogens with two attached hydrogens (primary N) is 2. The van der Waals surface area contributed by atoms with Gasteiger partial charge < -0.3 is 20.3 Å². The second kappa shape index (κ2) is 10.8. The molecule has 0 aromatic carbocycles. The Balaban J connectivity index is 1.55. The summed E-state index contributed by atoms with van der Waals surface area (Å²) >= 11 is 0. The Bertz CT molecular complexity index is 1120. The van der Waals surface area contributed by atoms with Crippen molar-refractivity contribution in [2.24, 2.45) is 74.2 Å². The van der Waals surface area contributed by atoms with E-state index in [1.54, 1.807) is 5.57 Å². The fraction of sp³-hybridized carbons (Fsp3) is 0.892. The van der Waals surface area contributed by atoms with Gasteiger partial charge in [-0.2, -0.15) is 0 Å². The average molecular weight is 600 g/mol. The zero-order valence-corrected chi connectivity index (χ0v) is 29.2. The minimum Gasteiger partial charge on any atom is -0.513 e. The van der Waals surface area contributed by atoms with Crippen molar-refractivity contribution in [3.05, 3.63) is 24.0 Å². The number of fused-ring (bicyclic) bond motifs is 3. The average Bonchev–Trinajstić information content (AvgIpc) is 2.91. The minimum atomic E-state index is -0.405. The third kappa shape index (κ3) is 4.58. The summed E-state index contributed by atoms with van der Waals surface area (Å²) in [6.07, 6.45) is 9.07. The van der Waals surface area contributed by atoms with E-state index in [0.717, 1.165) is 25.9 Å². The van der Waals surface area contributed by atoms with Crippen LogP contribution in [0.5, 0.6) is 0 Å². The van der Waals surface area contributed by atoms with Crippen LogP contribution in [0.3, 0.4) is 0 Å². The molecule has 0 spiro atoms. The molecule has 246 valence electrons. The Hall–Kier alpha value is -0.920. The van der Waals surface area contributed by atoms with Crippen LogP contribution >= 0.6 is 0 Å². The van der Waals surface area contributed by atoms with Crippen LogP contribution < -0.4 is 17.0 Å². The van der Waals surface area contributed by atoms with E-state index in [-0.39, 0.29) is 45.1 Å². The number of ether oxygens (including phenoxy) is 2. The molecular weight excluding hydrogens is 534 g/mol. The largest absolute Gasteiger partial charge is 0.513 e. The van der Waals surface area contributed by atoms with Crippen molar-refractivity contribution >= 4 is 0 Å². The molecule has 5 rings (SSSR count). The van der Waals surface area contributed by atoms with E-state index < -0.39 is 5.54 Å². The molecule has 2 bridgehead atoms. The van der Waals surface area contributed by atoms with E-state index in [1.165, 1.54) is 19.3 Å². The number of allylic oxidation sites excluding steroid dienone is 2. The van der Waals surface area contributed by atoms with Gasteiger partial charge in [-0.05, 0) is 91.3 Å². The predicted octanol–water partition coefficient (Wildman–Crippen LogP) is 7.15. The molecule has 0 unspecified atom stereocenters. The van der Waals surface area contributed by atoms with Gasteiger partial charge >= 0.3 is 0 Å². The monoisotopic (exact) mass is 600 g/mol. The number of aliphatic hydroxyl groups is 1. The summed E-state index contributed by atoms with van der Waals surface area (Å²) in [4.78, 5) is 0. The van der Waals surface area contributed by atoms with Crippen molar-refractivity contribution in [1.29, 1.82) is 0 Å². The molecule has 5 aliphatic rings. The van der Waals surface area contributed by atoms with Gasteiger partial charge in [0.2, 0.25) is 0 Å². The summed E-state index contributed by atoms with van der Waals surface area (Å²) in [7, 11) is 0. The van der Waals surface area contributed by atoms with Crippen molar-refractivity contribution in [2.75, 3.05) is 19.8 Å². The molecule has 0 aromatic rings. The number of aliphatic hydroxyl groups excluding tert-OH is 1. The first kappa shape index (κ1) is 33.4. The molecule has 6 N–H and O–H groups in total. The summed E-state index contributed by atoms with van der Waals surface area (Å²) in [5.74, 6) is 9.11. The highest BCUT2D eigenvalue weighted by molar-refractivity contribution is 5.36. The molecule has 1 aliphatic heterocycles. The van der Waals surface area contributed by atoms with Gasteiger partial charge in [-0.3, -0.25) is 11.3 Å². The van der Waals surface area contributed by atoms with Crippen LogP contribution in [0.15, 0.2) is 24.0 Å². The maximum Gasteiger partial charge on any atom is 0.0893 e. The van der Waals surface area contributed by atoms with Gasteiger partial charge in [0, 0.05) is 28.3 Å². The number of nitrogens with one attached hydrogen (secondary N) is 1. The SMILES string of the molecule is C=C(O)[C@@H]1[C@@](C)([C@H](C)C(C)C)CC[C@]2(C)[C@H]3CC[C@@H]4[C@@]5(COC[C@]4(C)[C@@H](OC[C@](C)(N)C(C)C)[C@H](NN)C5)C3=CC[C@@]12C. The highest BCUT2D eigenvalue weighted by Gasteiger charge is 2.71. The molecule has 43 heavy (non-hydrogen) atoms. The first-order valence-electron chi connectivity index (χ1n) is 17.4. The van der Waals surface area contributed by atoms with E-state index in [4.69, 9.17) is 21.1 Å². The van der Waals surface area contributed by atoms with Crippen molar-refractivity contribution < 1.29 is 14.6 Å². The summed E-state index contributed by atoms with van der Waals surface area (Å²) in [6.45, 7) is 29.6. The Morgan fingerprint density at radius 2 is 1.79 bits per heavy atom. The Labute approximate surface area is 263 Å². The maximum atomic E-state index is 11.4. The third-order valence-electron chi connectivity index (χ3n) is 15.3. The topological polar surface area (TPSA) is 103 Å². The zero-order valence-electron chi connectivity index (χ0n) is 29.2. The summed E-state index contributed by atoms with van der Waals surface area (Å²) in [5.41, 5.74) is 10.9. The van der Waals surface area contributed by atoms with Gasteiger partial charge in [-0.25, -0.2) is 0 Å². The van der Waals surface area contributed by atoms with Crippen LogP contribution in [-0.4, -0.2) is 42.6 Å². The van der Waals surface area contributed by atoms with Crippen LogP contribution in [0, 0.1) is 62.6 Å². The first-order valence-corrected chi connectivity index (χ1v) is 17.4. The van der Waals surface area contributed by atoms with Crippen molar-refractivity contribution in [3.63, 3.8) is 0 Å². The van der Waals surface area contributed by atoms with Crippen LogP contribution in [0.4, 0.5) is 0 Å². The lowest BCUT2D eigenvalue weighted by Gasteiger charge is -2.71. The zero-order chi connectivity index (χ0) is 32.0. The maximum absolute atomic E-state index is 11.4. The number of hydrogen-bond acceptors (Lipinski definition) is 6. The molecule has 12 atom stereocenters. The highest BCUT2D eigenvalue weighted by Crippen LogP contribution is 2.75. The third-order valence-corrected chi connectivity index (χ3v) is 15.3. The molecule has 0 aromatic heterocycles. The molecule has 1 heterocycles. The predicted molar refractivity (Wildman–Crippen MR) is 176 cm³/mol. The van der Waals surface area contributed by atoms with Gasteiger partial charge in [0.15, 0.2) is 0 Å². The van der Waals surface area contributed by atoms with Gasteiger partial charge in [0.25, 0.3) is 0 Å². The summed E-state index contributed by atoms with van der Waals surface area (Å²) in [5, 5.41) is 11.4. The lowest BCUT2D eigenvalue weighted by Crippen LogP contribution is -2.72. The highest BCUT2D eigenvalue weighted by atomic mass is 16.5. The summed E-state index contributed by atoms with van der Waals surface area (Å²) in [6, 6.07) is 0.0281. The lowest BCUT2D eigenvalue weighted by atomic mass is 9.34. The van der Waals surface area contributed by atoms with Gasteiger partial charge in [0.1, 0.15) is 0 Å². The molecule has 0 radical (unpaired) electrons. The fourth-order valence-electron chi connectivity index (χ4n) is 11.7. The van der Waals surface area contributed by atoms with Crippen LogP contribution in [-0.2, 0) is 9.47 Å². The van der Waals surface area contributed by atoms with E-state index in [9.17, 15) is 5.11 Å². The molecule has 4 aliphatic carbocycles. The van der Waals surface area contributed by atoms with Gasteiger partial charge in [-0.15, -0.1) is 0 Å². The summed E-state index contributed by atoms with van der Waals surface area (Å²) < 4.78 is 13.4. The van der Waals surface area contributed by atoms with E-state index in [2.05, 4.69) is 87.3 Å². The fourth-order valence-corrected chi connectivity index (χ4v) is 11.7. The van der Waals surface area contributed by atoms with Crippen LogP contribution in [0.25, 0.3) is 0 Å². The second-order valence-corrected chi connectivity index (χ2v) is 17.9. The van der Waals surface area contributed by atoms with Gasteiger partial charge in [0.05, 0.1) is 31.7 Å². The molecule has 0 amide bonds. The van der Waals surface area contributed by atoms with Gasteiger partial charge in [-0.1, -0.05) is 80.5 Å². The molecule has 6 heteroatoms. The normalized spacial score (nSPS) is 48.0. The Morgan fingerprint density at radius 3 is 2.37 bits per heavy atom. The van der Waals surface area contributed by atoms with Crippen molar-refractivity contribution in [3.8, 4) is 0 Å². The quantitative estimate of drug-likeness (QED) is 0.102. The molecule has 1 saturated heterocycles. The molecular formula is C37H65N3O3. The number of hydrogen-bond donors (Lipinski definition) is 4. The Kier molecular flexibility index (Phi) is 8.42. The number of rotatable bonds is 8. The van der Waals surface area contributed by atoms with Crippen LogP contribution in [0.1, 0.15) is 108 Å². The van der Waals surface area contributed by atoms with E-state index in [1.807, 2.05) is 0 Å². The van der Waals surface area contributed by atoms with Crippen molar-refractivity contribution in [2.45, 2.75) is 125 Å². The first-order chi connectivity index (χ1) is 19.9. The number of hydrazine groups is 1. The van der Waals surface area contributed by atoms with Crippen molar-refractivity contribution in [1.82, 2.24) is 5.43 Å². The smallest absolute Gasteiger partial charge is 0.0893 e.